The van der Waals surface area contributed by atoms with Crippen LogP contribution in [0, 0.1) is 23.7 Å². The minimum atomic E-state index is -4.95. The largest absolute Gasteiger partial charge is 0.472 e. The predicted octanol–water partition coefficient (Wildman–Crippen LogP) is 18.1. The van der Waals surface area contributed by atoms with Gasteiger partial charge in [-0.05, 0) is 49.4 Å². The number of aliphatic hydroxyl groups is 1. The Bertz CT molecular complexity index is 1700. The van der Waals surface area contributed by atoms with Crippen molar-refractivity contribution < 1.29 is 80.2 Å². The summed E-state index contributed by atoms with van der Waals surface area (Å²) in [6.45, 7) is 13.9. The number of carbonyl (C=O) groups is 4. The van der Waals surface area contributed by atoms with E-state index in [1.165, 1.54) is 116 Å². The van der Waals surface area contributed by atoms with Gasteiger partial charge >= 0.3 is 39.5 Å². The van der Waals surface area contributed by atoms with Crippen molar-refractivity contribution in [3.8, 4) is 0 Å². The van der Waals surface area contributed by atoms with Crippen LogP contribution in [0.1, 0.15) is 319 Å². The first-order valence-corrected chi connectivity index (χ1v) is 37.2. The van der Waals surface area contributed by atoms with Crippen LogP contribution in [0.2, 0.25) is 0 Å². The summed E-state index contributed by atoms with van der Waals surface area (Å²) in [5.74, 6) is 0.737. The van der Waals surface area contributed by atoms with Gasteiger partial charge in [-0.15, -0.1) is 0 Å². The molecule has 0 aromatic heterocycles. The van der Waals surface area contributed by atoms with Gasteiger partial charge < -0.3 is 33.8 Å². The molecule has 0 radical (unpaired) electrons. The highest BCUT2D eigenvalue weighted by Crippen LogP contribution is 2.45. The van der Waals surface area contributed by atoms with Crippen molar-refractivity contribution in [3.05, 3.63) is 0 Å². The average Bonchev–Trinajstić information content (AvgIpc) is 3.54. The summed E-state index contributed by atoms with van der Waals surface area (Å²) in [4.78, 5) is 72.3. The maximum atomic E-state index is 13.0. The van der Waals surface area contributed by atoms with Crippen LogP contribution in [0.5, 0.6) is 0 Å². The number of ether oxygens (including phenoxy) is 4. The molecule has 0 aliphatic rings. The van der Waals surface area contributed by atoms with E-state index in [4.69, 9.17) is 37.0 Å². The lowest BCUT2D eigenvalue weighted by atomic mass is 10.0. The Morgan fingerprint density at radius 1 is 0.294 bits per heavy atom. The minimum absolute atomic E-state index is 0.101. The predicted molar refractivity (Wildman–Crippen MR) is 340 cm³/mol. The van der Waals surface area contributed by atoms with E-state index in [0.717, 1.165) is 108 Å². The number of rotatable bonds is 63. The van der Waals surface area contributed by atoms with Gasteiger partial charge in [0.15, 0.2) is 12.2 Å². The zero-order chi connectivity index (χ0) is 63.2. The van der Waals surface area contributed by atoms with Crippen molar-refractivity contribution in [2.24, 2.45) is 23.7 Å². The lowest BCUT2D eigenvalue weighted by Gasteiger charge is -2.21. The molecule has 0 saturated heterocycles. The molecule has 0 aliphatic carbocycles. The van der Waals surface area contributed by atoms with Gasteiger partial charge in [0.1, 0.15) is 19.3 Å². The Morgan fingerprint density at radius 2 is 0.494 bits per heavy atom. The lowest BCUT2D eigenvalue weighted by molar-refractivity contribution is -0.161. The van der Waals surface area contributed by atoms with E-state index in [1.54, 1.807) is 0 Å². The fourth-order valence-electron chi connectivity index (χ4n) is 9.78. The first-order chi connectivity index (χ1) is 40.6. The molecule has 3 unspecified atom stereocenters. The fraction of sp³-hybridized carbons (Fsp3) is 0.939. The number of carbonyl (C=O) groups excluding carboxylic acids is 4. The van der Waals surface area contributed by atoms with Gasteiger partial charge in [0.25, 0.3) is 0 Å². The molecule has 0 amide bonds. The molecule has 0 heterocycles. The summed E-state index contributed by atoms with van der Waals surface area (Å²) in [5, 5.41) is 10.5. The van der Waals surface area contributed by atoms with E-state index in [9.17, 15) is 43.2 Å². The Labute approximate surface area is 517 Å². The summed E-state index contributed by atoms with van der Waals surface area (Å²) in [7, 11) is -9.89. The highest BCUT2D eigenvalue weighted by atomic mass is 31.2. The highest BCUT2D eigenvalue weighted by Gasteiger charge is 2.30. The van der Waals surface area contributed by atoms with Crippen LogP contribution in [0.3, 0.4) is 0 Å². The smallest absolute Gasteiger partial charge is 0.462 e. The van der Waals surface area contributed by atoms with Gasteiger partial charge in [0.05, 0.1) is 26.4 Å². The van der Waals surface area contributed by atoms with E-state index in [-0.39, 0.29) is 25.7 Å². The van der Waals surface area contributed by atoms with Crippen LogP contribution in [-0.2, 0) is 65.4 Å². The molecule has 0 rings (SSSR count). The highest BCUT2D eigenvalue weighted by molar-refractivity contribution is 7.47. The Morgan fingerprint density at radius 3 is 0.729 bits per heavy atom. The van der Waals surface area contributed by atoms with Gasteiger partial charge in [0.2, 0.25) is 0 Å². The van der Waals surface area contributed by atoms with Crippen LogP contribution < -0.4 is 0 Å². The quantitative estimate of drug-likeness (QED) is 0.0222. The zero-order valence-electron chi connectivity index (χ0n) is 55.2. The van der Waals surface area contributed by atoms with Crippen LogP contribution in [0.15, 0.2) is 0 Å². The second kappa shape index (κ2) is 56.1. The topological polar surface area (TPSA) is 237 Å². The number of phosphoric acid groups is 2. The zero-order valence-corrected chi connectivity index (χ0v) is 57.0. The molecular weight excluding hydrogens is 1130 g/mol. The molecule has 5 atom stereocenters. The maximum Gasteiger partial charge on any atom is 0.472 e. The third-order valence-corrected chi connectivity index (χ3v) is 17.0. The molecule has 19 heteroatoms. The molecule has 85 heavy (non-hydrogen) atoms. The molecule has 0 aromatic rings. The van der Waals surface area contributed by atoms with Gasteiger partial charge in [-0.25, -0.2) is 9.13 Å². The Kier molecular flexibility index (Phi) is 54.8. The number of esters is 4. The first-order valence-electron chi connectivity index (χ1n) is 34.2. The molecular formula is C66H128O17P2. The summed E-state index contributed by atoms with van der Waals surface area (Å²) in [5.41, 5.74) is 0. The maximum absolute atomic E-state index is 13.0. The molecule has 0 aromatic carbocycles. The van der Waals surface area contributed by atoms with Crippen LogP contribution >= 0.6 is 15.6 Å². The summed E-state index contributed by atoms with van der Waals surface area (Å²) >= 11 is 0. The molecule has 0 bridgehead atoms. The van der Waals surface area contributed by atoms with Crippen molar-refractivity contribution in [2.75, 3.05) is 39.6 Å². The molecule has 0 aliphatic heterocycles. The van der Waals surface area contributed by atoms with Crippen LogP contribution in [0.4, 0.5) is 0 Å². The lowest BCUT2D eigenvalue weighted by Crippen LogP contribution is -2.30. The van der Waals surface area contributed by atoms with Crippen molar-refractivity contribution in [2.45, 2.75) is 337 Å². The molecule has 504 valence electrons. The molecule has 0 saturated carbocycles. The van der Waals surface area contributed by atoms with Gasteiger partial charge in [-0.1, -0.05) is 267 Å². The van der Waals surface area contributed by atoms with Crippen molar-refractivity contribution in [1.82, 2.24) is 0 Å². The summed E-state index contributed by atoms with van der Waals surface area (Å²) in [6.07, 6.45) is 36.5. The van der Waals surface area contributed by atoms with Crippen LogP contribution in [-0.4, -0.2) is 96.7 Å². The Hall–Kier alpha value is -1.94. The van der Waals surface area contributed by atoms with E-state index < -0.39 is 97.5 Å². The SMILES string of the molecule is CC(C)CCCCCCCCCCCCCCC(=O)O[C@H](COC(=O)CCCCCCCCCCC(C)C)COP(=O)(O)OCC(O)COP(=O)(O)OC[C@@H](COC(=O)CCCCCCCCCC(C)C)OC(=O)CCCCCCCCC(C)C. The van der Waals surface area contributed by atoms with E-state index >= 15 is 0 Å². The monoisotopic (exact) mass is 1250 g/mol. The molecule has 3 N–H and O–H groups in total. The standard InChI is InChI=1S/C66H128O17P2/c1-56(2)42-34-26-18-13-11-9-10-12-14-22-32-40-48-65(70)82-61(52-76-63(68)46-38-30-21-16-15-19-27-35-43-57(3)4)54-80-84(72,73)78-50-60(67)51-79-85(74,75)81-55-62(83-66(71)49-41-33-25-24-29-37-45-59(7)8)53-77-64(69)47-39-31-23-17-20-28-36-44-58(5)6/h56-62,67H,9-55H2,1-8H3,(H,72,73)(H,74,75)/t60?,61-,62-/m1/s1. The molecule has 17 nitrogen and oxygen atoms in total. The van der Waals surface area contributed by atoms with Crippen molar-refractivity contribution in [3.63, 3.8) is 0 Å². The van der Waals surface area contributed by atoms with E-state index in [0.29, 0.717) is 37.5 Å². The molecule has 0 spiro atoms. The third kappa shape index (κ3) is 60.7. The summed E-state index contributed by atoms with van der Waals surface area (Å²) in [6, 6.07) is 0. The Balaban J connectivity index is 5.24. The van der Waals surface area contributed by atoms with Gasteiger partial charge in [-0.2, -0.15) is 0 Å². The van der Waals surface area contributed by atoms with E-state index in [1.807, 2.05) is 0 Å². The fourth-order valence-corrected chi connectivity index (χ4v) is 11.4. The second-order valence-corrected chi connectivity index (χ2v) is 28.7. The van der Waals surface area contributed by atoms with E-state index in [2.05, 4.69) is 55.4 Å². The van der Waals surface area contributed by atoms with Crippen molar-refractivity contribution in [1.29, 1.82) is 0 Å². The van der Waals surface area contributed by atoms with Gasteiger partial charge in [-0.3, -0.25) is 37.3 Å². The van der Waals surface area contributed by atoms with Crippen molar-refractivity contribution >= 4 is 39.5 Å². The number of hydrogen-bond acceptors (Lipinski definition) is 15. The third-order valence-electron chi connectivity index (χ3n) is 15.1. The second-order valence-electron chi connectivity index (χ2n) is 25.8. The summed E-state index contributed by atoms with van der Waals surface area (Å²) < 4.78 is 68.0. The normalized spacial score (nSPS) is 14.4. The van der Waals surface area contributed by atoms with Crippen LogP contribution in [0.25, 0.3) is 0 Å². The number of aliphatic hydroxyl groups excluding tert-OH is 1. The number of unbranched alkanes of at least 4 members (excludes halogenated alkanes) is 29. The number of hydrogen-bond donors (Lipinski definition) is 3. The number of phosphoric ester groups is 2. The first kappa shape index (κ1) is 83.1. The van der Waals surface area contributed by atoms with Gasteiger partial charge in [0, 0.05) is 25.7 Å². The average molecular weight is 1260 g/mol. The molecule has 0 fully saturated rings. The minimum Gasteiger partial charge on any atom is -0.462 e.